The molecule has 30 heavy (non-hydrogen) atoms. The Balaban J connectivity index is 1.34. The van der Waals surface area contributed by atoms with Crippen molar-refractivity contribution in [2.24, 2.45) is 5.92 Å². The van der Waals surface area contributed by atoms with E-state index in [4.69, 9.17) is 9.47 Å². The molecule has 2 aromatic rings. The number of carbonyl (C=O) groups excluding carboxylic acids is 3. The molecule has 0 saturated carbocycles. The summed E-state index contributed by atoms with van der Waals surface area (Å²) in [5.74, 6) is 1.17. The minimum Gasteiger partial charge on any atom is -0.486 e. The van der Waals surface area contributed by atoms with E-state index >= 15 is 0 Å². The summed E-state index contributed by atoms with van der Waals surface area (Å²) in [6, 6.07) is 9.00. The molecule has 2 amide bonds. The van der Waals surface area contributed by atoms with E-state index in [9.17, 15) is 14.4 Å². The van der Waals surface area contributed by atoms with Crippen molar-refractivity contribution < 1.29 is 23.9 Å². The highest BCUT2D eigenvalue weighted by Gasteiger charge is 2.29. The molecule has 0 aliphatic carbocycles. The van der Waals surface area contributed by atoms with Crippen molar-refractivity contribution in [3.05, 3.63) is 45.6 Å². The van der Waals surface area contributed by atoms with Crippen LogP contribution in [-0.2, 0) is 11.3 Å². The maximum Gasteiger partial charge on any atom is 0.263 e. The summed E-state index contributed by atoms with van der Waals surface area (Å²) >= 11 is 1.40. The van der Waals surface area contributed by atoms with E-state index < -0.39 is 0 Å². The van der Waals surface area contributed by atoms with Gasteiger partial charge in [0.1, 0.15) is 13.2 Å². The number of benzene rings is 1. The van der Waals surface area contributed by atoms with Gasteiger partial charge >= 0.3 is 0 Å². The molecule has 158 valence electrons. The summed E-state index contributed by atoms with van der Waals surface area (Å²) in [6.45, 7) is 4.01. The molecule has 1 aromatic heterocycles. The Morgan fingerprint density at radius 2 is 1.80 bits per heavy atom. The first-order valence-electron chi connectivity index (χ1n) is 10.1. The van der Waals surface area contributed by atoms with Crippen LogP contribution in [0, 0.1) is 5.92 Å². The van der Waals surface area contributed by atoms with Gasteiger partial charge in [-0.05, 0) is 43.2 Å². The number of nitrogens with one attached hydrogen (secondary N) is 1. The maximum atomic E-state index is 12.9. The highest BCUT2D eigenvalue weighted by molar-refractivity contribution is 7.14. The van der Waals surface area contributed by atoms with Crippen LogP contribution in [0.1, 0.15) is 44.7 Å². The van der Waals surface area contributed by atoms with Crippen LogP contribution in [0.4, 0.5) is 0 Å². The number of nitrogens with zero attached hydrogens (tertiary/aromatic N) is 1. The van der Waals surface area contributed by atoms with Crippen molar-refractivity contribution in [1.29, 1.82) is 0 Å². The van der Waals surface area contributed by atoms with Crippen molar-refractivity contribution in [2.45, 2.75) is 26.3 Å². The Kier molecular flexibility index (Phi) is 6.03. The Bertz CT molecular complexity index is 962. The van der Waals surface area contributed by atoms with Crippen LogP contribution >= 0.6 is 11.3 Å². The topological polar surface area (TPSA) is 84.9 Å². The van der Waals surface area contributed by atoms with E-state index in [0.717, 1.165) is 4.88 Å². The molecule has 8 heteroatoms. The van der Waals surface area contributed by atoms with Crippen LogP contribution in [0.3, 0.4) is 0 Å². The van der Waals surface area contributed by atoms with E-state index in [0.29, 0.717) is 67.6 Å². The molecule has 1 aromatic carbocycles. The molecule has 1 N–H and O–H groups in total. The lowest BCUT2D eigenvalue weighted by Crippen LogP contribution is -2.40. The molecule has 0 unspecified atom stereocenters. The fraction of sp³-hybridized carbons (Fsp3) is 0.409. The molecule has 0 spiro atoms. The van der Waals surface area contributed by atoms with Gasteiger partial charge in [0, 0.05) is 36.4 Å². The molecule has 7 nitrogen and oxygen atoms in total. The van der Waals surface area contributed by atoms with E-state index in [1.54, 1.807) is 24.3 Å². The average Bonchev–Trinajstić information content (AvgIpc) is 3.25. The number of hydrogen-bond acceptors (Lipinski definition) is 6. The van der Waals surface area contributed by atoms with E-state index in [2.05, 4.69) is 5.32 Å². The van der Waals surface area contributed by atoms with Crippen LogP contribution in [0.5, 0.6) is 11.5 Å². The molecule has 3 heterocycles. The first kappa shape index (κ1) is 20.4. The number of likely N-dealkylation sites (tertiary alicyclic amines) is 1. The van der Waals surface area contributed by atoms with Gasteiger partial charge in [0.15, 0.2) is 17.3 Å². The molecule has 0 radical (unpaired) electrons. The summed E-state index contributed by atoms with van der Waals surface area (Å²) in [5, 5.41) is 2.74. The van der Waals surface area contributed by atoms with Gasteiger partial charge in [-0.1, -0.05) is 0 Å². The van der Waals surface area contributed by atoms with Crippen LogP contribution in [0.15, 0.2) is 30.3 Å². The number of carbonyl (C=O) groups is 3. The first-order valence-corrected chi connectivity index (χ1v) is 10.9. The van der Waals surface area contributed by atoms with Gasteiger partial charge in [0.05, 0.1) is 11.4 Å². The molecule has 0 bridgehead atoms. The zero-order chi connectivity index (χ0) is 21.1. The number of ketones is 1. The van der Waals surface area contributed by atoms with Crippen LogP contribution in [0.2, 0.25) is 0 Å². The van der Waals surface area contributed by atoms with Crippen molar-refractivity contribution in [3.8, 4) is 11.5 Å². The summed E-state index contributed by atoms with van der Waals surface area (Å²) in [5.41, 5.74) is 0.630. The number of piperidine rings is 1. The van der Waals surface area contributed by atoms with E-state index in [-0.39, 0.29) is 23.5 Å². The molecule has 4 rings (SSSR count). The SMILES string of the molecule is CC(=O)NCc1ccc(C(=O)N2CCC(C(=O)c3ccc4c(c3)OCCO4)CC2)s1. The monoisotopic (exact) mass is 428 g/mol. The van der Waals surface area contributed by atoms with Gasteiger partial charge in [-0.3, -0.25) is 14.4 Å². The number of amides is 2. The Hall–Kier alpha value is -2.87. The number of hydrogen-bond donors (Lipinski definition) is 1. The zero-order valence-electron chi connectivity index (χ0n) is 16.8. The molecule has 0 atom stereocenters. The second kappa shape index (κ2) is 8.87. The fourth-order valence-electron chi connectivity index (χ4n) is 3.73. The van der Waals surface area contributed by atoms with Crippen molar-refractivity contribution >= 4 is 28.9 Å². The highest BCUT2D eigenvalue weighted by atomic mass is 32.1. The number of thiophene rings is 1. The second-order valence-electron chi connectivity index (χ2n) is 7.46. The Morgan fingerprint density at radius 1 is 1.07 bits per heavy atom. The summed E-state index contributed by atoms with van der Waals surface area (Å²) in [6.07, 6.45) is 1.28. The predicted molar refractivity (Wildman–Crippen MR) is 112 cm³/mol. The third-order valence-electron chi connectivity index (χ3n) is 5.36. The van der Waals surface area contributed by atoms with Crippen LogP contribution < -0.4 is 14.8 Å². The summed E-state index contributed by atoms with van der Waals surface area (Å²) in [4.78, 5) is 40.2. The van der Waals surface area contributed by atoms with E-state index in [1.807, 2.05) is 11.0 Å². The molecule has 1 fully saturated rings. The van der Waals surface area contributed by atoms with Gasteiger partial charge < -0.3 is 19.7 Å². The maximum absolute atomic E-state index is 12.9. The molecular formula is C22H24N2O5S. The predicted octanol–water partition coefficient (Wildman–Crippen LogP) is 2.89. The fourth-order valence-corrected chi connectivity index (χ4v) is 4.65. The summed E-state index contributed by atoms with van der Waals surface area (Å²) < 4.78 is 11.1. The van der Waals surface area contributed by atoms with Crippen LogP contribution in [-0.4, -0.2) is 48.8 Å². The largest absolute Gasteiger partial charge is 0.486 e. The third kappa shape index (κ3) is 4.48. The zero-order valence-corrected chi connectivity index (χ0v) is 17.6. The lowest BCUT2D eigenvalue weighted by Gasteiger charge is -2.31. The first-order chi connectivity index (χ1) is 14.5. The Labute approximate surface area is 179 Å². The minimum absolute atomic E-state index is 0.0145. The molecule has 2 aliphatic heterocycles. The van der Waals surface area contributed by atoms with E-state index in [1.165, 1.54) is 18.3 Å². The van der Waals surface area contributed by atoms with Crippen LogP contribution in [0.25, 0.3) is 0 Å². The van der Waals surface area contributed by atoms with Crippen molar-refractivity contribution in [2.75, 3.05) is 26.3 Å². The Morgan fingerprint density at radius 3 is 2.53 bits per heavy atom. The lowest BCUT2D eigenvalue weighted by molar-refractivity contribution is -0.119. The normalized spacial score (nSPS) is 16.2. The molecule has 1 saturated heterocycles. The van der Waals surface area contributed by atoms with Crippen molar-refractivity contribution in [3.63, 3.8) is 0 Å². The smallest absolute Gasteiger partial charge is 0.263 e. The summed E-state index contributed by atoms with van der Waals surface area (Å²) in [7, 11) is 0. The standard InChI is InChI=1S/C22H24N2O5S/c1-14(25)23-13-17-3-5-20(30-17)22(27)24-8-6-15(7-9-24)21(26)16-2-4-18-19(12-16)29-11-10-28-18/h2-5,12,15H,6-11,13H2,1H3,(H,23,25). The number of rotatable bonds is 5. The highest BCUT2D eigenvalue weighted by Crippen LogP contribution is 2.33. The van der Waals surface area contributed by atoms with Gasteiger partial charge in [0.25, 0.3) is 5.91 Å². The van der Waals surface area contributed by atoms with Gasteiger partial charge in [-0.25, -0.2) is 0 Å². The van der Waals surface area contributed by atoms with Gasteiger partial charge in [0.2, 0.25) is 5.91 Å². The quantitative estimate of drug-likeness (QED) is 0.741. The van der Waals surface area contributed by atoms with Crippen molar-refractivity contribution in [1.82, 2.24) is 10.2 Å². The number of Topliss-reactive ketones (excluding diaryl/α,β-unsaturated/α-hetero) is 1. The lowest BCUT2D eigenvalue weighted by atomic mass is 9.88. The minimum atomic E-state index is -0.102. The number of ether oxygens (including phenoxy) is 2. The second-order valence-corrected chi connectivity index (χ2v) is 8.63. The average molecular weight is 429 g/mol. The molecular weight excluding hydrogens is 404 g/mol. The van der Waals surface area contributed by atoms with Gasteiger partial charge in [-0.15, -0.1) is 11.3 Å². The number of fused-ring (bicyclic) bond motifs is 1. The third-order valence-corrected chi connectivity index (χ3v) is 6.44. The van der Waals surface area contributed by atoms with Gasteiger partial charge in [-0.2, -0.15) is 0 Å². The molecule has 2 aliphatic rings.